The van der Waals surface area contributed by atoms with Gasteiger partial charge in [-0.3, -0.25) is 14.9 Å². The summed E-state index contributed by atoms with van der Waals surface area (Å²) < 4.78 is 5.87. The summed E-state index contributed by atoms with van der Waals surface area (Å²) in [5, 5.41) is 2.38. The second-order valence-electron chi connectivity index (χ2n) is 7.05. The van der Waals surface area contributed by atoms with Crippen LogP contribution in [0.5, 0.6) is 5.75 Å². The van der Waals surface area contributed by atoms with E-state index in [-0.39, 0.29) is 11.1 Å². The van der Waals surface area contributed by atoms with E-state index in [0.717, 1.165) is 29.9 Å². The minimum atomic E-state index is -0.381. The first kappa shape index (κ1) is 19.3. The van der Waals surface area contributed by atoms with Crippen LogP contribution in [0.3, 0.4) is 0 Å². The predicted octanol–water partition coefficient (Wildman–Crippen LogP) is 5.65. The molecule has 1 aromatic rings. The lowest BCUT2D eigenvalue weighted by molar-refractivity contribution is -0.115. The van der Waals surface area contributed by atoms with Gasteiger partial charge in [0.25, 0.3) is 11.1 Å². The van der Waals surface area contributed by atoms with E-state index < -0.39 is 0 Å². The van der Waals surface area contributed by atoms with Gasteiger partial charge in [-0.1, -0.05) is 50.6 Å². The molecule has 4 nitrogen and oxygen atoms in total. The highest BCUT2D eigenvalue weighted by atomic mass is 35.5. The second kappa shape index (κ2) is 8.96. The van der Waals surface area contributed by atoms with Gasteiger partial charge in [0.2, 0.25) is 0 Å². The summed E-state index contributed by atoms with van der Waals surface area (Å²) in [4.78, 5) is 23.2. The molecule has 0 bridgehead atoms. The van der Waals surface area contributed by atoms with Crippen LogP contribution in [0.2, 0.25) is 5.02 Å². The van der Waals surface area contributed by atoms with Crippen molar-refractivity contribution < 1.29 is 14.3 Å². The summed E-state index contributed by atoms with van der Waals surface area (Å²) in [6.07, 6.45) is 9.49. The van der Waals surface area contributed by atoms with E-state index in [0.29, 0.717) is 28.0 Å². The van der Waals surface area contributed by atoms with Gasteiger partial charge in [0.05, 0.1) is 16.5 Å². The number of imide groups is 1. The van der Waals surface area contributed by atoms with Crippen LogP contribution >= 0.6 is 23.4 Å². The van der Waals surface area contributed by atoms with Crippen molar-refractivity contribution >= 4 is 40.6 Å². The van der Waals surface area contributed by atoms with Crippen LogP contribution in [0.1, 0.15) is 51.0 Å². The van der Waals surface area contributed by atoms with Gasteiger partial charge in [0.1, 0.15) is 5.75 Å². The number of thioether (sulfide) groups is 1. The zero-order valence-corrected chi connectivity index (χ0v) is 16.5. The third-order valence-electron chi connectivity index (χ3n) is 5.20. The fourth-order valence-corrected chi connectivity index (χ4v) is 4.48. The predicted molar refractivity (Wildman–Crippen MR) is 106 cm³/mol. The van der Waals surface area contributed by atoms with E-state index in [1.807, 2.05) is 12.1 Å². The molecule has 140 valence electrons. The van der Waals surface area contributed by atoms with Crippen molar-refractivity contribution in [2.45, 2.75) is 45.4 Å². The lowest BCUT2D eigenvalue weighted by Crippen LogP contribution is -2.17. The Labute approximate surface area is 163 Å². The van der Waals surface area contributed by atoms with Crippen molar-refractivity contribution in [3.63, 3.8) is 0 Å². The zero-order chi connectivity index (χ0) is 18.5. The van der Waals surface area contributed by atoms with Gasteiger partial charge < -0.3 is 4.74 Å². The van der Waals surface area contributed by atoms with E-state index in [4.69, 9.17) is 16.3 Å². The Kier molecular flexibility index (Phi) is 6.65. The molecule has 1 aromatic carbocycles. The molecule has 1 heterocycles. The van der Waals surface area contributed by atoms with Gasteiger partial charge in [-0.15, -0.1) is 0 Å². The second-order valence-corrected chi connectivity index (χ2v) is 8.47. The van der Waals surface area contributed by atoms with Crippen molar-refractivity contribution in [2.75, 3.05) is 6.61 Å². The molecule has 1 atom stereocenters. The minimum Gasteiger partial charge on any atom is -0.494 e. The average Bonchev–Trinajstić information content (AvgIpc) is 2.95. The minimum absolute atomic E-state index is 0.354. The molecule has 0 spiro atoms. The Morgan fingerprint density at radius 3 is 2.73 bits per heavy atom. The average molecular weight is 394 g/mol. The molecule has 1 N–H and O–H groups in total. The number of amides is 2. The van der Waals surface area contributed by atoms with Crippen LogP contribution < -0.4 is 10.1 Å². The van der Waals surface area contributed by atoms with Gasteiger partial charge in [-0.2, -0.15) is 0 Å². The molecule has 2 fully saturated rings. The lowest BCUT2D eigenvalue weighted by atomic mass is 9.80. The Morgan fingerprint density at radius 1 is 1.31 bits per heavy atom. The SMILES string of the molecule is CC(CCOc1ccc(/C=C2/SC(=O)NC2=O)c(Cl)c1)C1CCCCC1. The Morgan fingerprint density at radius 2 is 2.08 bits per heavy atom. The smallest absolute Gasteiger partial charge is 0.290 e. The monoisotopic (exact) mass is 393 g/mol. The van der Waals surface area contributed by atoms with Gasteiger partial charge in [0, 0.05) is 0 Å². The topological polar surface area (TPSA) is 55.4 Å². The molecule has 1 saturated heterocycles. The van der Waals surface area contributed by atoms with Gasteiger partial charge in [-0.25, -0.2) is 0 Å². The van der Waals surface area contributed by atoms with E-state index in [1.54, 1.807) is 12.1 Å². The number of carbonyl (C=O) groups excluding carboxylic acids is 2. The number of hydrogen-bond acceptors (Lipinski definition) is 4. The molecule has 0 radical (unpaired) electrons. The van der Waals surface area contributed by atoms with E-state index in [9.17, 15) is 9.59 Å². The first-order chi connectivity index (χ1) is 12.5. The molecule has 1 aliphatic carbocycles. The number of hydrogen-bond donors (Lipinski definition) is 1. The molecule has 2 amide bonds. The fraction of sp³-hybridized carbons (Fsp3) is 0.500. The number of halogens is 1. The van der Waals surface area contributed by atoms with Gasteiger partial charge in [0.15, 0.2) is 0 Å². The van der Waals surface area contributed by atoms with Crippen LogP contribution in [0.15, 0.2) is 23.1 Å². The molecule has 1 unspecified atom stereocenters. The molecular weight excluding hydrogens is 370 g/mol. The Bertz CT molecular complexity index is 713. The van der Waals surface area contributed by atoms with E-state index >= 15 is 0 Å². The first-order valence-electron chi connectivity index (χ1n) is 9.20. The summed E-state index contributed by atoms with van der Waals surface area (Å²) in [6.45, 7) is 3.01. The largest absolute Gasteiger partial charge is 0.494 e. The number of nitrogens with one attached hydrogen (secondary N) is 1. The van der Waals surface area contributed by atoms with Crippen molar-refractivity contribution in [2.24, 2.45) is 11.8 Å². The van der Waals surface area contributed by atoms with Gasteiger partial charge in [-0.05, 0) is 59.9 Å². The van der Waals surface area contributed by atoms with Crippen LogP contribution in [0.25, 0.3) is 6.08 Å². The molecule has 2 aliphatic rings. The molecular formula is C20H24ClNO3S. The molecule has 0 aromatic heterocycles. The Hall–Kier alpha value is -1.46. The molecule has 3 rings (SSSR count). The summed E-state index contributed by atoms with van der Waals surface area (Å²) in [7, 11) is 0. The van der Waals surface area contributed by atoms with E-state index in [2.05, 4.69) is 12.2 Å². The van der Waals surface area contributed by atoms with Crippen LogP contribution in [0, 0.1) is 11.8 Å². The molecule has 1 saturated carbocycles. The zero-order valence-electron chi connectivity index (χ0n) is 14.9. The summed E-state index contributed by atoms with van der Waals surface area (Å²) >= 11 is 7.19. The normalized spacial score (nSPS) is 21.1. The lowest BCUT2D eigenvalue weighted by Gasteiger charge is -2.27. The van der Waals surface area contributed by atoms with Crippen molar-refractivity contribution in [1.82, 2.24) is 5.32 Å². The van der Waals surface area contributed by atoms with E-state index in [1.165, 1.54) is 32.1 Å². The quantitative estimate of drug-likeness (QED) is 0.634. The van der Waals surface area contributed by atoms with Crippen LogP contribution in [0.4, 0.5) is 4.79 Å². The first-order valence-corrected chi connectivity index (χ1v) is 10.4. The molecule has 1 aliphatic heterocycles. The van der Waals surface area contributed by atoms with Crippen molar-refractivity contribution in [3.8, 4) is 5.75 Å². The number of rotatable bonds is 6. The van der Waals surface area contributed by atoms with Crippen LogP contribution in [-0.2, 0) is 4.79 Å². The highest BCUT2D eigenvalue weighted by Crippen LogP contribution is 2.32. The van der Waals surface area contributed by atoms with Gasteiger partial charge >= 0.3 is 0 Å². The maximum atomic E-state index is 11.6. The summed E-state index contributed by atoms with van der Waals surface area (Å²) in [5.41, 5.74) is 0.696. The van der Waals surface area contributed by atoms with Crippen molar-refractivity contribution in [3.05, 3.63) is 33.7 Å². The molecule has 26 heavy (non-hydrogen) atoms. The molecule has 6 heteroatoms. The number of benzene rings is 1. The highest BCUT2D eigenvalue weighted by Gasteiger charge is 2.25. The fourth-order valence-electron chi connectivity index (χ4n) is 3.58. The standard InChI is InChI=1S/C20H24ClNO3S/c1-13(14-5-3-2-4-6-14)9-10-25-16-8-7-15(17(21)12-16)11-18-19(23)22-20(24)26-18/h7-8,11-14H,2-6,9-10H2,1H3,(H,22,23,24)/b18-11+. The maximum Gasteiger partial charge on any atom is 0.290 e. The summed E-state index contributed by atoms with van der Waals surface area (Å²) in [6, 6.07) is 5.42. The highest BCUT2D eigenvalue weighted by molar-refractivity contribution is 8.18. The number of carbonyl (C=O) groups is 2. The van der Waals surface area contributed by atoms with Crippen molar-refractivity contribution in [1.29, 1.82) is 0 Å². The summed E-state index contributed by atoms with van der Waals surface area (Å²) in [5.74, 6) is 1.87. The number of ether oxygens (including phenoxy) is 1. The third-order valence-corrected chi connectivity index (χ3v) is 6.33. The third kappa shape index (κ3) is 5.04. The maximum absolute atomic E-state index is 11.6. The Balaban J connectivity index is 1.53. The van der Waals surface area contributed by atoms with Crippen LogP contribution in [-0.4, -0.2) is 17.8 Å².